The van der Waals surface area contributed by atoms with E-state index in [2.05, 4.69) is 43.4 Å². The van der Waals surface area contributed by atoms with E-state index in [1.807, 2.05) is 121 Å². The number of aromatic amines is 1. The van der Waals surface area contributed by atoms with Gasteiger partial charge in [-0.3, -0.25) is 14.3 Å². The third kappa shape index (κ3) is 13.1. The number of hydrogen-bond acceptors (Lipinski definition) is 12. The first-order valence-electron chi connectivity index (χ1n) is 24.0. The van der Waals surface area contributed by atoms with Crippen molar-refractivity contribution >= 4 is 14.5 Å². The third-order valence-corrected chi connectivity index (χ3v) is 14.5. The smallest absolute Gasteiger partial charge is 0.338 e. The first-order valence-corrected chi connectivity index (χ1v) is 25.1. The van der Waals surface area contributed by atoms with Gasteiger partial charge in [-0.15, -0.1) is 0 Å². The lowest BCUT2D eigenvalue weighted by molar-refractivity contribution is -0.0967. The highest BCUT2D eigenvalue weighted by molar-refractivity contribution is 7.44. The fourth-order valence-electron chi connectivity index (χ4n) is 8.84. The summed E-state index contributed by atoms with van der Waals surface area (Å²) >= 11 is 0. The molecule has 1 saturated heterocycles. The van der Waals surface area contributed by atoms with Gasteiger partial charge in [0.25, 0.3) is 14.1 Å². The summed E-state index contributed by atoms with van der Waals surface area (Å²) in [6.45, 7) is 8.93. The van der Waals surface area contributed by atoms with Crippen molar-refractivity contribution in [1.29, 1.82) is 5.26 Å². The molecule has 15 heteroatoms. The molecule has 5 aromatic carbocycles. The van der Waals surface area contributed by atoms with Crippen LogP contribution in [-0.2, 0) is 48.1 Å². The molecule has 1 unspecified atom stereocenters. The van der Waals surface area contributed by atoms with Gasteiger partial charge in [0.05, 0.1) is 52.1 Å². The van der Waals surface area contributed by atoms with Crippen molar-refractivity contribution < 1.29 is 37.5 Å². The summed E-state index contributed by atoms with van der Waals surface area (Å²) in [7, 11) is 1.83. The SMILES string of the molecule is COc1ccc(C(OC[C@H]2O[C@@H](n3cc(CCc4ccccc4)c(=O)[nH]c3=O)C[C@@H]2OC(=O)c2ccc(CCOP(OCCC#N)N(C(C)C)C(C)C)cc2)(c2ccccc2)c2ccc(OC)cc2)cc1. The monoisotopic (exact) mass is 982 g/mol. The Labute approximate surface area is 417 Å². The topological polar surface area (TPSA) is 164 Å². The highest BCUT2D eigenvalue weighted by Gasteiger charge is 2.44. The number of nitrogens with one attached hydrogen (secondary N) is 1. The Kier molecular flexibility index (Phi) is 18.5. The molecule has 0 saturated carbocycles. The van der Waals surface area contributed by atoms with Crippen LogP contribution in [0.4, 0.5) is 0 Å². The van der Waals surface area contributed by atoms with E-state index in [0.717, 1.165) is 27.8 Å². The van der Waals surface area contributed by atoms with E-state index < -0.39 is 49.8 Å². The second kappa shape index (κ2) is 25.1. The fraction of sp³-hybridized carbons (Fsp3) is 0.357. The predicted molar refractivity (Wildman–Crippen MR) is 272 cm³/mol. The highest BCUT2D eigenvalue weighted by Crippen LogP contribution is 2.46. The van der Waals surface area contributed by atoms with E-state index in [-0.39, 0.29) is 38.1 Å². The minimum atomic E-state index is -1.40. The van der Waals surface area contributed by atoms with E-state index >= 15 is 0 Å². The normalized spacial score (nSPS) is 16.3. The van der Waals surface area contributed by atoms with Crippen LogP contribution in [0.5, 0.6) is 11.5 Å². The molecule has 71 heavy (non-hydrogen) atoms. The van der Waals surface area contributed by atoms with Crippen LogP contribution in [-0.4, -0.2) is 78.5 Å². The van der Waals surface area contributed by atoms with Crippen molar-refractivity contribution in [3.63, 3.8) is 0 Å². The second-order valence-electron chi connectivity index (χ2n) is 17.8. The number of hydrogen-bond donors (Lipinski definition) is 1. The average Bonchev–Trinajstić information content (AvgIpc) is 3.78. The van der Waals surface area contributed by atoms with Gasteiger partial charge < -0.3 is 32.7 Å². The lowest BCUT2D eigenvalue weighted by Gasteiger charge is -2.37. The number of benzene rings is 5. The number of nitrogens with zero attached hydrogens (tertiary/aromatic N) is 3. The molecule has 1 aliphatic rings. The van der Waals surface area contributed by atoms with Crippen LogP contribution in [0.3, 0.4) is 0 Å². The Morgan fingerprint density at radius 1 is 0.761 bits per heavy atom. The molecule has 1 fully saturated rings. The first-order chi connectivity index (χ1) is 34.4. The van der Waals surface area contributed by atoms with Crippen LogP contribution in [0, 0.1) is 11.3 Å². The number of aryl methyl sites for hydroxylation is 2. The van der Waals surface area contributed by atoms with Crippen molar-refractivity contribution in [2.75, 3.05) is 34.0 Å². The van der Waals surface area contributed by atoms with Crippen molar-refractivity contribution in [3.8, 4) is 17.6 Å². The summed E-state index contributed by atoms with van der Waals surface area (Å²) in [5.74, 6) is 0.757. The van der Waals surface area contributed by atoms with Gasteiger partial charge in [-0.05, 0) is 111 Å². The van der Waals surface area contributed by atoms with Crippen molar-refractivity contribution in [1.82, 2.24) is 14.2 Å². The lowest BCUT2D eigenvalue weighted by Crippen LogP contribution is -2.39. The molecular weight excluding hydrogens is 920 g/mol. The van der Waals surface area contributed by atoms with Crippen LogP contribution in [0.2, 0.25) is 0 Å². The number of ether oxygens (including phenoxy) is 5. The van der Waals surface area contributed by atoms with Gasteiger partial charge in [0.2, 0.25) is 0 Å². The van der Waals surface area contributed by atoms with Crippen LogP contribution in [0.15, 0.2) is 149 Å². The summed E-state index contributed by atoms with van der Waals surface area (Å²) < 4.78 is 47.3. The largest absolute Gasteiger partial charge is 0.497 e. The Morgan fingerprint density at radius 3 is 1.90 bits per heavy atom. The summed E-state index contributed by atoms with van der Waals surface area (Å²) in [6, 6.07) is 44.6. The Hall–Kier alpha value is -6.43. The van der Waals surface area contributed by atoms with E-state index in [0.29, 0.717) is 48.5 Å². The van der Waals surface area contributed by atoms with Crippen LogP contribution < -0.4 is 20.7 Å². The first kappa shape index (κ1) is 52.4. The van der Waals surface area contributed by atoms with Crippen LogP contribution in [0.1, 0.15) is 90.5 Å². The number of nitriles is 1. The predicted octanol–water partition coefficient (Wildman–Crippen LogP) is 9.70. The summed E-state index contributed by atoms with van der Waals surface area (Å²) in [5, 5.41) is 9.10. The number of rotatable bonds is 24. The van der Waals surface area contributed by atoms with Gasteiger partial charge in [0.1, 0.15) is 35.5 Å². The zero-order valence-corrected chi connectivity index (χ0v) is 42.1. The van der Waals surface area contributed by atoms with Crippen molar-refractivity contribution in [2.45, 2.75) is 95.9 Å². The van der Waals surface area contributed by atoms with E-state index in [9.17, 15) is 14.4 Å². The molecule has 4 atom stereocenters. The molecule has 6 aromatic rings. The van der Waals surface area contributed by atoms with Crippen LogP contribution in [0.25, 0.3) is 0 Å². The van der Waals surface area contributed by atoms with E-state index in [1.165, 1.54) is 4.57 Å². The zero-order valence-electron chi connectivity index (χ0n) is 41.2. The average molecular weight is 983 g/mol. The van der Waals surface area contributed by atoms with Crippen molar-refractivity contribution in [2.24, 2.45) is 0 Å². The second-order valence-corrected chi connectivity index (χ2v) is 19.2. The summed E-state index contributed by atoms with van der Waals surface area (Å²) in [6.07, 6.45) is 0.744. The van der Waals surface area contributed by atoms with E-state index in [4.69, 9.17) is 38.0 Å². The minimum Gasteiger partial charge on any atom is -0.497 e. The van der Waals surface area contributed by atoms with Gasteiger partial charge in [0, 0.05) is 30.3 Å². The Morgan fingerprint density at radius 2 is 1.32 bits per heavy atom. The van der Waals surface area contributed by atoms with Gasteiger partial charge in [0.15, 0.2) is 0 Å². The molecule has 1 N–H and O–H groups in total. The zero-order chi connectivity index (χ0) is 50.3. The number of methoxy groups -OCH3 is 2. The maximum absolute atomic E-state index is 14.2. The third-order valence-electron chi connectivity index (χ3n) is 12.4. The Balaban J connectivity index is 1.17. The molecule has 7 rings (SSSR count). The molecule has 0 aliphatic carbocycles. The summed E-state index contributed by atoms with van der Waals surface area (Å²) in [5.41, 5.74) is 2.81. The maximum Gasteiger partial charge on any atom is 0.338 e. The quantitative estimate of drug-likeness (QED) is 0.0265. The standard InChI is InChI=1S/C56H63N4O10P/c1-39(2)60(40(3)4)71(67-34-13-33-57)68-35-32-42-18-21-43(22-19-42)54(62)70-50-36-52(59-37-44(53(61)58-55(59)63)23-20-41-14-9-7-10-15-41)69-51(50)38-66-56(45-16-11-8-12-17-45,46-24-28-48(64-5)29-25-46)47-26-30-49(65-6)31-27-47/h7-12,14-19,21-22,24-31,37,39-40,50-52H,13,20,23,32,34-36,38H2,1-6H3,(H,58,61,63)/t50-,51+,52+,71?/m0/s1. The molecule has 14 nitrogen and oxygen atoms in total. The number of H-pyrrole nitrogens is 1. The summed E-state index contributed by atoms with van der Waals surface area (Å²) in [4.78, 5) is 43.4. The number of aromatic nitrogens is 2. The highest BCUT2D eigenvalue weighted by atomic mass is 31.2. The lowest BCUT2D eigenvalue weighted by atomic mass is 9.80. The van der Waals surface area contributed by atoms with E-state index in [1.54, 1.807) is 32.5 Å². The maximum atomic E-state index is 14.2. The minimum absolute atomic E-state index is 0.0892. The number of carbonyl (C=O) groups excluding carboxylic acids is 1. The molecule has 2 heterocycles. The molecule has 0 radical (unpaired) electrons. The van der Waals surface area contributed by atoms with Gasteiger partial charge >= 0.3 is 11.7 Å². The van der Waals surface area contributed by atoms with Crippen molar-refractivity contribution in [3.05, 3.63) is 199 Å². The van der Waals surface area contributed by atoms with Gasteiger partial charge in [-0.1, -0.05) is 97.1 Å². The molecule has 1 aliphatic heterocycles. The molecule has 372 valence electrons. The molecule has 1 aromatic heterocycles. The van der Waals surface area contributed by atoms with Crippen LogP contribution >= 0.6 is 8.53 Å². The fourth-order valence-corrected chi connectivity index (χ4v) is 10.4. The number of carbonyl (C=O) groups is 1. The molecular formula is C56H63N4O10P. The van der Waals surface area contributed by atoms with Gasteiger partial charge in [-0.25, -0.2) is 14.3 Å². The number of esters is 1. The molecule has 0 amide bonds. The molecule has 0 spiro atoms. The molecule has 0 bridgehead atoms. The van der Waals surface area contributed by atoms with Gasteiger partial charge in [-0.2, -0.15) is 5.26 Å². The Bertz CT molecular complexity index is 2720.